The van der Waals surface area contributed by atoms with E-state index in [1.54, 1.807) is 0 Å². The number of carbonyl (C=O) groups excluding carboxylic acids is 2. The Morgan fingerprint density at radius 1 is 0.889 bits per heavy atom. The molecule has 2 unspecified atom stereocenters. The number of aliphatic hydroxyl groups excluding tert-OH is 2. The van der Waals surface area contributed by atoms with Gasteiger partial charge in [-0.1, -0.05) is 77.6 Å². The number of unbranched alkanes of at least 4 members (excludes halogenated alkanes) is 10. The minimum atomic E-state index is -0.879. The van der Waals surface area contributed by atoms with Crippen LogP contribution in [0.25, 0.3) is 0 Å². The van der Waals surface area contributed by atoms with Crippen molar-refractivity contribution < 1.29 is 29.3 Å². The maximum absolute atomic E-state index is 11.7. The van der Waals surface area contributed by atoms with E-state index in [0.29, 0.717) is 6.42 Å². The van der Waals surface area contributed by atoms with Gasteiger partial charge in [-0.3, -0.25) is 9.59 Å². The highest BCUT2D eigenvalue weighted by Crippen LogP contribution is 2.13. The van der Waals surface area contributed by atoms with Gasteiger partial charge in [0.05, 0.1) is 19.1 Å². The summed E-state index contributed by atoms with van der Waals surface area (Å²) in [5.74, 6) is -1.09. The molecule has 0 heterocycles. The molecule has 6 heteroatoms. The van der Waals surface area contributed by atoms with Crippen LogP contribution in [0.3, 0.4) is 0 Å². The molecular formula is C21H40O6. The predicted molar refractivity (Wildman–Crippen MR) is 105 cm³/mol. The minimum absolute atomic E-state index is 0.103. The highest BCUT2D eigenvalue weighted by Gasteiger charge is 2.18. The van der Waals surface area contributed by atoms with E-state index in [-0.39, 0.29) is 13.0 Å². The number of ether oxygens (including phenoxy) is 2. The normalized spacial score (nSPS) is 13.2. The van der Waals surface area contributed by atoms with Crippen LogP contribution in [0.1, 0.15) is 97.3 Å². The molecule has 0 bridgehead atoms. The average molecular weight is 389 g/mol. The lowest BCUT2D eigenvalue weighted by Crippen LogP contribution is -2.29. The van der Waals surface area contributed by atoms with Gasteiger partial charge in [-0.05, 0) is 6.42 Å². The molecule has 0 aliphatic heterocycles. The topological polar surface area (TPSA) is 93.1 Å². The Hall–Kier alpha value is -1.14. The Balaban J connectivity index is 3.57. The molecule has 0 aromatic carbocycles. The second-order valence-corrected chi connectivity index (χ2v) is 7.28. The molecule has 0 rings (SSSR count). The largest absolute Gasteiger partial charge is 0.462 e. The number of hydrogen-bond acceptors (Lipinski definition) is 6. The van der Waals surface area contributed by atoms with Gasteiger partial charge >= 0.3 is 11.9 Å². The van der Waals surface area contributed by atoms with Gasteiger partial charge < -0.3 is 19.7 Å². The van der Waals surface area contributed by atoms with Gasteiger partial charge in [-0.2, -0.15) is 0 Å². The number of rotatable bonds is 18. The summed E-state index contributed by atoms with van der Waals surface area (Å²) in [7, 11) is 0. The third kappa shape index (κ3) is 18.0. The molecule has 2 N–H and O–H groups in total. The zero-order valence-electron chi connectivity index (χ0n) is 17.3. The molecule has 0 fully saturated rings. The van der Waals surface area contributed by atoms with Crippen molar-refractivity contribution >= 4 is 11.9 Å². The SMILES string of the molecule is CCCCCCCCCCCCCC(O)CC(=O)OC(CO)COC(C)=O. The van der Waals surface area contributed by atoms with Gasteiger partial charge in [-0.25, -0.2) is 0 Å². The molecule has 0 saturated carbocycles. The van der Waals surface area contributed by atoms with E-state index >= 15 is 0 Å². The van der Waals surface area contributed by atoms with Crippen molar-refractivity contribution in [3.05, 3.63) is 0 Å². The lowest BCUT2D eigenvalue weighted by atomic mass is 10.0. The van der Waals surface area contributed by atoms with Crippen molar-refractivity contribution in [3.8, 4) is 0 Å². The summed E-state index contributed by atoms with van der Waals surface area (Å²) < 4.78 is 9.71. The number of hydrogen-bond donors (Lipinski definition) is 2. The fourth-order valence-corrected chi connectivity index (χ4v) is 2.91. The van der Waals surface area contributed by atoms with E-state index in [1.165, 1.54) is 64.7 Å². The molecule has 0 aromatic rings. The third-order valence-corrected chi connectivity index (χ3v) is 4.52. The molecule has 0 aliphatic carbocycles. The first-order valence-corrected chi connectivity index (χ1v) is 10.6. The smallest absolute Gasteiger partial charge is 0.308 e. The molecular weight excluding hydrogens is 348 g/mol. The van der Waals surface area contributed by atoms with Gasteiger partial charge in [0.15, 0.2) is 6.10 Å². The highest BCUT2D eigenvalue weighted by molar-refractivity contribution is 5.70. The summed E-state index contributed by atoms with van der Waals surface area (Å²) in [5.41, 5.74) is 0. The second kappa shape index (κ2) is 18.2. The maximum atomic E-state index is 11.7. The standard InChI is InChI=1S/C21H40O6/c1-3-4-5-6-7-8-9-10-11-12-13-14-19(24)15-21(25)27-20(16-22)17-26-18(2)23/h19-20,22,24H,3-17H2,1-2H3. The van der Waals surface area contributed by atoms with Crippen molar-refractivity contribution in [1.82, 2.24) is 0 Å². The molecule has 2 atom stereocenters. The quantitative estimate of drug-likeness (QED) is 0.273. The first-order valence-electron chi connectivity index (χ1n) is 10.6. The van der Waals surface area contributed by atoms with Crippen molar-refractivity contribution in [2.24, 2.45) is 0 Å². The lowest BCUT2D eigenvalue weighted by Gasteiger charge is -2.16. The van der Waals surface area contributed by atoms with Crippen LogP contribution < -0.4 is 0 Å². The van der Waals surface area contributed by atoms with Crippen LogP contribution in [-0.2, 0) is 19.1 Å². The Bertz CT molecular complexity index is 372. The monoisotopic (exact) mass is 388 g/mol. The van der Waals surface area contributed by atoms with Gasteiger partial charge in [0, 0.05) is 6.92 Å². The average Bonchev–Trinajstić information content (AvgIpc) is 2.62. The van der Waals surface area contributed by atoms with E-state index in [2.05, 4.69) is 6.92 Å². The number of carbonyl (C=O) groups is 2. The second-order valence-electron chi connectivity index (χ2n) is 7.28. The Morgan fingerprint density at radius 3 is 1.89 bits per heavy atom. The molecule has 0 aliphatic rings. The van der Waals surface area contributed by atoms with E-state index in [9.17, 15) is 14.7 Å². The zero-order valence-corrected chi connectivity index (χ0v) is 17.3. The van der Waals surface area contributed by atoms with Crippen LogP contribution in [0.15, 0.2) is 0 Å². The van der Waals surface area contributed by atoms with Crippen molar-refractivity contribution in [3.63, 3.8) is 0 Å². The maximum Gasteiger partial charge on any atom is 0.308 e. The van der Waals surface area contributed by atoms with Crippen LogP contribution >= 0.6 is 0 Å². The zero-order chi connectivity index (χ0) is 20.3. The summed E-state index contributed by atoms with van der Waals surface area (Å²) in [6.45, 7) is 2.88. The summed E-state index contributed by atoms with van der Waals surface area (Å²) in [6.07, 6.45) is 12.5. The number of esters is 2. The molecule has 0 amide bonds. The molecule has 0 spiro atoms. The molecule has 0 aromatic heterocycles. The van der Waals surface area contributed by atoms with E-state index < -0.39 is 30.8 Å². The lowest BCUT2D eigenvalue weighted by molar-refractivity contribution is -0.162. The molecule has 6 nitrogen and oxygen atoms in total. The van der Waals surface area contributed by atoms with Crippen molar-refractivity contribution in [2.45, 2.75) is 110 Å². The van der Waals surface area contributed by atoms with Gasteiger partial charge in [0.1, 0.15) is 6.61 Å². The minimum Gasteiger partial charge on any atom is -0.462 e. The number of aliphatic hydroxyl groups is 2. The van der Waals surface area contributed by atoms with Crippen molar-refractivity contribution in [2.75, 3.05) is 13.2 Å². The molecule has 0 saturated heterocycles. The van der Waals surface area contributed by atoms with Crippen LogP contribution in [0.2, 0.25) is 0 Å². The highest BCUT2D eigenvalue weighted by atomic mass is 16.6. The van der Waals surface area contributed by atoms with Crippen LogP contribution in [0, 0.1) is 0 Å². The fraction of sp³-hybridized carbons (Fsp3) is 0.905. The van der Waals surface area contributed by atoms with Crippen molar-refractivity contribution in [1.29, 1.82) is 0 Å². The predicted octanol–water partition coefficient (Wildman–Crippen LogP) is 3.91. The fourth-order valence-electron chi connectivity index (χ4n) is 2.91. The summed E-state index contributed by atoms with van der Waals surface area (Å²) in [5, 5.41) is 19.0. The van der Waals surface area contributed by atoms with Crippen LogP contribution in [0.5, 0.6) is 0 Å². The Kier molecular flexibility index (Phi) is 17.5. The van der Waals surface area contributed by atoms with E-state index in [0.717, 1.165) is 12.8 Å². The molecule has 27 heavy (non-hydrogen) atoms. The molecule has 160 valence electrons. The van der Waals surface area contributed by atoms with Gasteiger partial charge in [-0.15, -0.1) is 0 Å². The summed E-state index contributed by atoms with van der Waals surface area (Å²) in [6, 6.07) is 0. The van der Waals surface area contributed by atoms with E-state index in [1.807, 2.05) is 0 Å². The summed E-state index contributed by atoms with van der Waals surface area (Å²) in [4.78, 5) is 22.5. The first kappa shape index (κ1) is 25.9. The molecule has 0 radical (unpaired) electrons. The van der Waals surface area contributed by atoms with Crippen LogP contribution in [0.4, 0.5) is 0 Å². The summed E-state index contributed by atoms with van der Waals surface area (Å²) >= 11 is 0. The van der Waals surface area contributed by atoms with Gasteiger partial charge in [0.2, 0.25) is 0 Å². The first-order chi connectivity index (χ1) is 13.0. The third-order valence-electron chi connectivity index (χ3n) is 4.52. The van der Waals surface area contributed by atoms with E-state index in [4.69, 9.17) is 14.6 Å². The van der Waals surface area contributed by atoms with Gasteiger partial charge in [0.25, 0.3) is 0 Å². The van der Waals surface area contributed by atoms with Crippen LogP contribution in [-0.4, -0.2) is 47.6 Å². The Labute approximate surface area is 164 Å². The Morgan fingerprint density at radius 2 is 1.41 bits per heavy atom.